The van der Waals surface area contributed by atoms with Gasteiger partial charge in [0.15, 0.2) is 29.0 Å². The van der Waals surface area contributed by atoms with Crippen molar-refractivity contribution in [1.82, 2.24) is 9.88 Å². The molecule has 1 unspecified atom stereocenters. The molecular weight excluding hydrogens is 555 g/mol. The van der Waals surface area contributed by atoms with Crippen molar-refractivity contribution >= 4 is 40.7 Å². The van der Waals surface area contributed by atoms with E-state index in [1.165, 1.54) is 43.3 Å². The quantitative estimate of drug-likeness (QED) is 0.183. The third-order valence-corrected chi connectivity index (χ3v) is 6.62. The van der Waals surface area contributed by atoms with Gasteiger partial charge in [0.2, 0.25) is 5.91 Å². The van der Waals surface area contributed by atoms with Crippen LogP contribution in [-0.4, -0.2) is 65.8 Å². The number of fused-ring (bicyclic) bond motifs is 1. The number of imide groups is 1. The maximum Gasteiger partial charge on any atom is 0.500 e. The van der Waals surface area contributed by atoms with E-state index < -0.39 is 29.6 Å². The summed E-state index contributed by atoms with van der Waals surface area (Å²) in [7, 11) is 3.02. The minimum absolute atomic E-state index is 0.0337. The Bertz CT molecular complexity index is 1670. The maximum atomic E-state index is 15.2. The van der Waals surface area contributed by atoms with Crippen molar-refractivity contribution in [3.05, 3.63) is 71.7 Å². The van der Waals surface area contributed by atoms with Crippen molar-refractivity contribution in [1.29, 1.82) is 0 Å². The van der Waals surface area contributed by atoms with Gasteiger partial charge in [-0.2, -0.15) is 14.3 Å². The van der Waals surface area contributed by atoms with Crippen molar-refractivity contribution < 1.29 is 37.6 Å². The van der Waals surface area contributed by atoms with Gasteiger partial charge in [-0.25, -0.2) is 9.18 Å². The predicted octanol–water partition coefficient (Wildman–Crippen LogP) is 5.72. The normalized spacial score (nSPS) is 14.6. The lowest BCUT2D eigenvalue weighted by atomic mass is 10.1. The smallest absolute Gasteiger partial charge is 0.493 e. The predicted molar refractivity (Wildman–Crippen MR) is 161 cm³/mol. The molecule has 1 atom stereocenters. The molecule has 0 saturated heterocycles. The number of ether oxygens (including phenoxy) is 3. The number of nitrogens with one attached hydrogen (secondary N) is 1. The number of benzene rings is 2. The van der Waals surface area contributed by atoms with Crippen molar-refractivity contribution in [3.8, 4) is 23.0 Å². The second-order valence-electron chi connectivity index (χ2n) is 10.3. The molecule has 10 nitrogen and oxygen atoms in total. The lowest BCUT2D eigenvalue weighted by Crippen LogP contribution is -2.54. The molecule has 2 aromatic carbocycles. The molecule has 1 aliphatic heterocycles. The van der Waals surface area contributed by atoms with Gasteiger partial charge < -0.3 is 19.5 Å². The van der Waals surface area contributed by atoms with Gasteiger partial charge in [-0.15, -0.1) is 0 Å². The molecule has 0 spiro atoms. The van der Waals surface area contributed by atoms with Gasteiger partial charge in [-0.3, -0.25) is 9.78 Å². The molecule has 11 heteroatoms. The Balaban J connectivity index is 1.57. The molecule has 1 N–H and O–H groups in total. The average Bonchev–Trinajstić information content (AvgIpc) is 2.97. The van der Waals surface area contributed by atoms with Crippen LogP contribution >= 0.6 is 0 Å². The SMILES string of the molecule is COc1cc2nccc(Oc3ccc(NC(=O)C4C=[N+](CC=C(C)C)C(=O)N(CC=C(C)C)C4=O)cc3F)c2cc1OC. The van der Waals surface area contributed by atoms with Gasteiger partial charge in [0.1, 0.15) is 18.8 Å². The van der Waals surface area contributed by atoms with Crippen molar-refractivity contribution in [2.75, 3.05) is 32.6 Å². The molecule has 0 radical (unpaired) electrons. The van der Waals surface area contributed by atoms with Crippen LogP contribution in [0.2, 0.25) is 0 Å². The summed E-state index contributed by atoms with van der Waals surface area (Å²) in [5.74, 6) is -2.20. The van der Waals surface area contributed by atoms with Crippen LogP contribution in [0.1, 0.15) is 27.7 Å². The van der Waals surface area contributed by atoms with Crippen molar-refractivity contribution in [2.45, 2.75) is 27.7 Å². The molecule has 0 fully saturated rings. The highest BCUT2D eigenvalue weighted by Crippen LogP contribution is 2.37. The van der Waals surface area contributed by atoms with Crippen molar-refractivity contribution in [3.63, 3.8) is 0 Å². The standard InChI is InChI=1S/C32H33FN4O6/c1-19(2)10-13-36-18-23(31(39)37(32(36)40)14-11-20(3)4)30(38)35-21-7-8-27(24(33)15-21)43-26-9-12-34-25-17-29(42-6)28(41-5)16-22(25)26/h7-12,15-18,23H,13-14H2,1-6H3/p+1. The van der Waals surface area contributed by atoms with E-state index in [0.29, 0.717) is 28.2 Å². The second-order valence-corrected chi connectivity index (χ2v) is 10.3. The van der Waals surface area contributed by atoms with Gasteiger partial charge in [-0.1, -0.05) is 11.1 Å². The van der Waals surface area contributed by atoms with E-state index >= 15 is 4.39 Å². The number of urea groups is 1. The number of pyridine rings is 1. The number of carbonyl (C=O) groups is 3. The summed E-state index contributed by atoms with van der Waals surface area (Å²) in [5, 5.41) is 3.17. The first-order valence-corrected chi connectivity index (χ1v) is 13.5. The molecule has 1 aromatic heterocycles. The number of carbonyl (C=O) groups excluding carboxylic acids is 3. The molecule has 4 rings (SSSR count). The summed E-state index contributed by atoms with van der Waals surface area (Å²) in [6.45, 7) is 7.71. The van der Waals surface area contributed by atoms with E-state index in [2.05, 4.69) is 10.3 Å². The third-order valence-electron chi connectivity index (χ3n) is 6.62. The highest BCUT2D eigenvalue weighted by Gasteiger charge is 2.45. The molecule has 0 aliphatic carbocycles. The molecule has 224 valence electrons. The van der Waals surface area contributed by atoms with Gasteiger partial charge in [0.05, 0.1) is 26.0 Å². The second kappa shape index (κ2) is 13.3. The van der Waals surface area contributed by atoms with Crippen LogP contribution in [0.5, 0.6) is 23.0 Å². The maximum absolute atomic E-state index is 15.2. The van der Waals surface area contributed by atoms with E-state index in [0.717, 1.165) is 22.1 Å². The molecular formula is C32H34FN4O6+. The summed E-state index contributed by atoms with van der Waals surface area (Å²) in [6, 6.07) is 8.39. The number of hydrogen-bond acceptors (Lipinski definition) is 7. The van der Waals surface area contributed by atoms with Gasteiger partial charge in [0.25, 0.3) is 0 Å². The number of methoxy groups -OCH3 is 2. The zero-order chi connectivity index (χ0) is 31.3. The largest absolute Gasteiger partial charge is 0.500 e. The number of allylic oxidation sites excluding steroid dienone is 2. The van der Waals surface area contributed by atoms with E-state index in [4.69, 9.17) is 14.2 Å². The monoisotopic (exact) mass is 589 g/mol. The first-order chi connectivity index (χ1) is 20.5. The fourth-order valence-electron chi connectivity index (χ4n) is 4.30. The molecule has 0 saturated carbocycles. The molecule has 3 aromatic rings. The highest BCUT2D eigenvalue weighted by molar-refractivity contribution is 6.20. The lowest BCUT2D eigenvalue weighted by Gasteiger charge is -2.22. The Hall–Kier alpha value is -5.06. The summed E-state index contributed by atoms with van der Waals surface area (Å²) >= 11 is 0. The zero-order valence-corrected chi connectivity index (χ0v) is 24.9. The van der Waals surface area contributed by atoms with Crippen molar-refractivity contribution in [2.24, 2.45) is 5.92 Å². The zero-order valence-electron chi connectivity index (χ0n) is 24.9. The minimum atomic E-state index is -1.29. The fraction of sp³-hybridized carbons (Fsp3) is 0.281. The Morgan fingerprint density at radius 1 is 0.977 bits per heavy atom. The van der Waals surface area contributed by atoms with Gasteiger partial charge in [-0.05, 0) is 64.1 Å². The van der Waals surface area contributed by atoms with E-state index in [9.17, 15) is 14.4 Å². The van der Waals surface area contributed by atoms with Crippen LogP contribution in [0.25, 0.3) is 10.9 Å². The summed E-state index contributed by atoms with van der Waals surface area (Å²) in [6.07, 6.45) is 6.40. The van der Waals surface area contributed by atoms with E-state index in [1.54, 1.807) is 24.3 Å². The summed E-state index contributed by atoms with van der Waals surface area (Å²) in [5.41, 5.74) is 2.57. The number of rotatable bonds is 10. The first kappa shape index (κ1) is 30.9. The lowest BCUT2D eigenvalue weighted by molar-refractivity contribution is -0.423. The Morgan fingerprint density at radius 3 is 2.33 bits per heavy atom. The number of anilines is 1. The Labute approximate surface area is 249 Å². The topological polar surface area (TPSA) is 110 Å². The number of hydrogen-bond donors (Lipinski definition) is 1. The van der Waals surface area contributed by atoms with Crippen LogP contribution < -0.4 is 19.5 Å². The van der Waals surface area contributed by atoms with Gasteiger partial charge >= 0.3 is 11.9 Å². The van der Waals surface area contributed by atoms with Crippen LogP contribution in [-0.2, 0) is 9.59 Å². The van der Waals surface area contributed by atoms with Crippen LogP contribution in [0, 0.1) is 11.7 Å². The van der Waals surface area contributed by atoms with E-state index in [1.807, 2.05) is 33.8 Å². The Morgan fingerprint density at radius 2 is 1.67 bits per heavy atom. The summed E-state index contributed by atoms with van der Waals surface area (Å²) < 4.78 is 33.1. The van der Waals surface area contributed by atoms with E-state index in [-0.39, 0.29) is 24.5 Å². The average molecular weight is 590 g/mol. The molecule has 43 heavy (non-hydrogen) atoms. The fourth-order valence-corrected chi connectivity index (χ4v) is 4.30. The Kier molecular flexibility index (Phi) is 9.54. The minimum Gasteiger partial charge on any atom is -0.493 e. The van der Waals surface area contributed by atoms with Gasteiger partial charge in [0, 0.05) is 29.4 Å². The number of amides is 4. The molecule has 1 aliphatic rings. The number of halogens is 1. The summed E-state index contributed by atoms with van der Waals surface area (Å²) in [4.78, 5) is 44.8. The molecule has 2 heterocycles. The third kappa shape index (κ3) is 7.06. The van der Waals surface area contributed by atoms with Crippen LogP contribution in [0.15, 0.2) is 65.9 Å². The molecule has 4 amide bonds. The van der Waals surface area contributed by atoms with Crippen LogP contribution in [0.4, 0.5) is 14.9 Å². The highest BCUT2D eigenvalue weighted by atomic mass is 19.1. The number of aromatic nitrogens is 1. The van der Waals surface area contributed by atoms with Crippen LogP contribution in [0.3, 0.4) is 0 Å². The first-order valence-electron chi connectivity index (χ1n) is 13.5. The molecule has 0 bridgehead atoms. The number of nitrogens with zero attached hydrogens (tertiary/aromatic N) is 3.